The summed E-state index contributed by atoms with van der Waals surface area (Å²) in [6.45, 7) is 4.18. The summed E-state index contributed by atoms with van der Waals surface area (Å²) in [5, 5.41) is 9.02. The highest BCUT2D eigenvalue weighted by atomic mass is 32.2. The fraction of sp³-hybridized carbons (Fsp3) is 0.909. The van der Waals surface area contributed by atoms with Crippen LogP contribution in [0.5, 0.6) is 0 Å². The number of carboxylic acid groups (broad SMARTS) is 1. The van der Waals surface area contributed by atoms with Gasteiger partial charge in [0.15, 0.2) is 0 Å². The summed E-state index contributed by atoms with van der Waals surface area (Å²) in [6.07, 6.45) is 2.38. The van der Waals surface area contributed by atoms with Gasteiger partial charge >= 0.3 is 5.97 Å². The van der Waals surface area contributed by atoms with Gasteiger partial charge in [0.05, 0.1) is 0 Å². The third-order valence-electron chi connectivity index (χ3n) is 2.92. The molecule has 0 aromatic heterocycles. The molecule has 0 heterocycles. The van der Waals surface area contributed by atoms with Gasteiger partial charge in [-0.15, -0.1) is 0 Å². The van der Waals surface area contributed by atoms with E-state index in [1.807, 2.05) is 13.8 Å². The highest BCUT2D eigenvalue weighted by molar-refractivity contribution is 7.87. The van der Waals surface area contributed by atoms with Gasteiger partial charge in [-0.05, 0) is 31.1 Å². The van der Waals surface area contributed by atoms with Crippen LogP contribution in [0.15, 0.2) is 0 Å². The maximum Gasteiger partial charge on any atom is 0.321 e. The lowest BCUT2D eigenvalue weighted by Crippen LogP contribution is -2.48. The van der Waals surface area contributed by atoms with Crippen LogP contribution >= 0.6 is 0 Å². The first-order chi connectivity index (χ1) is 8.22. The maximum absolute atomic E-state index is 11.9. The van der Waals surface area contributed by atoms with Gasteiger partial charge in [-0.2, -0.15) is 17.4 Å². The van der Waals surface area contributed by atoms with E-state index < -0.39 is 22.2 Å². The highest BCUT2D eigenvalue weighted by Gasteiger charge is 2.31. The number of hydrogen-bond acceptors (Lipinski definition) is 3. The minimum Gasteiger partial charge on any atom is -0.480 e. The van der Waals surface area contributed by atoms with Crippen LogP contribution in [0.2, 0.25) is 0 Å². The van der Waals surface area contributed by atoms with Crippen LogP contribution in [-0.4, -0.2) is 43.4 Å². The molecule has 0 aliphatic heterocycles. The summed E-state index contributed by atoms with van der Waals surface area (Å²) in [5.41, 5.74) is 0. The van der Waals surface area contributed by atoms with Crippen molar-refractivity contribution in [3.8, 4) is 0 Å². The molecule has 1 aliphatic rings. The van der Waals surface area contributed by atoms with Gasteiger partial charge in [0.1, 0.15) is 6.04 Å². The van der Waals surface area contributed by atoms with Gasteiger partial charge in [-0.3, -0.25) is 4.79 Å². The molecule has 2 N–H and O–H groups in total. The first-order valence-electron chi connectivity index (χ1n) is 6.18. The Morgan fingerprint density at radius 1 is 1.44 bits per heavy atom. The number of nitrogens with one attached hydrogen (secondary N) is 1. The molecule has 0 amide bonds. The van der Waals surface area contributed by atoms with E-state index in [4.69, 9.17) is 5.11 Å². The second-order valence-corrected chi connectivity index (χ2v) is 7.18. The Balaban J connectivity index is 2.62. The molecule has 1 unspecified atom stereocenters. The average molecular weight is 278 g/mol. The number of nitrogens with zero attached hydrogens (tertiary/aromatic N) is 1. The van der Waals surface area contributed by atoms with E-state index in [2.05, 4.69) is 4.72 Å². The van der Waals surface area contributed by atoms with Crippen molar-refractivity contribution < 1.29 is 18.3 Å². The quantitative estimate of drug-likeness (QED) is 0.683. The maximum atomic E-state index is 11.9. The van der Waals surface area contributed by atoms with E-state index >= 15 is 0 Å². The Bertz CT molecular complexity index is 390. The summed E-state index contributed by atoms with van der Waals surface area (Å²) < 4.78 is 27.3. The Labute approximate surface area is 109 Å². The van der Waals surface area contributed by atoms with Crippen molar-refractivity contribution in [3.63, 3.8) is 0 Å². The van der Waals surface area contributed by atoms with Crippen LogP contribution in [-0.2, 0) is 15.0 Å². The first kappa shape index (κ1) is 15.4. The van der Waals surface area contributed by atoms with Crippen molar-refractivity contribution >= 4 is 16.2 Å². The predicted molar refractivity (Wildman–Crippen MR) is 68.3 cm³/mol. The molecule has 0 saturated heterocycles. The van der Waals surface area contributed by atoms with Crippen LogP contribution in [0.4, 0.5) is 0 Å². The summed E-state index contributed by atoms with van der Waals surface area (Å²) >= 11 is 0. The third kappa shape index (κ3) is 4.91. The second kappa shape index (κ2) is 5.99. The molecule has 6 nitrogen and oxygen atoms in total. The Morgan fingerprint density at radius 3 is 2.39 bits per heavy atom. The molecule has 7 heteroatoms. The zero-order valence-electron chi connectivity index (χ0n) is 11.1. The third-order valence-corrected chi connectivity index (χ3v) is 4.47. The lowest BCUT2D eigenvalue weighted by Gasteiger charge is -2.22. The van der Waals surface area contributed by atoms with E-state index in [-0.39, 0.29) is 12.3 Å². The van der Waals surface area contributed by atoms with Crippen LogP contribution in [0, 0.1) is 11.8 Å². The van der Waals surface area contributed by atoms with Crippen LogP contribution in [0.25, 0.3) is 0 Å². The van der Waals surface area contributed by atoms with E-state index in [9.17, 15) is 13.2 Å². The van der Waals surface area contributed by atoms with Gasteiger partial charge in [0.2, 0.25) is 0 Å². The summed E-state index contributed by atoms with van der Waals surface area (Å²) in [5.74, 6) is -0.588. The van der Waals surface area contributed by atoms with Gasteiger partial charge < -0.3 is 5.11 Å². The fourth-order valence-corrected chi connectivity index (χ4v) is 2.85. The molecule has 106 valence electrons. The van der Waals surface area contributed by atoms with Crippen molar-refractivity contribution in [3.05, 3.63) is 0 Å². The molecule has 0 spiro atoms. The number of hydrogen-bond donors (Lipinski definition) is 2. The van der Waals surface area contributed by atoms with Crippen molar-refractivity contribution in [1.29, 1.82) is 0 Å². The minimum absolute atomic E-state index is 0.113. The Kier molecular flexibility index (Phi) is 5.12. The summed E-state index contributed by atoms with van der Waals surface area (Å²) in [6, 6.07) is -1.06. The van der Waals surface area contributed by atoms with Gasteiger partial charge in [-0.25, -0.2) is 0 Å². The molecule has 0 radical (unpaired) electrons. The van der Waals surface area contributed by atoms with Crippen molar-refractivity contribution in [2.24, 2.45) is 11.8 Å². The minimum atomic E-state index is -3.70. The van der Waals surface area contributed by atoms with Crippen LogP contribution < -0.4 is 4.72 Å². The van der Waals surface area contributed by atoms with Crippen molar-refractivity contribution in [2.75, 3.05) is 13.6 Å². The van der Waals surface area contributed by atoms with Crippen molar-refractivity contribution in [2.45, 2.75) is 39.2 Å². The molecule has 1 fully saturated rings. The zero-order chi connectivity index (χ0) is 13.9. The first-order valence-corrected chi connectivity index (χ1v) is 7.62. The van der Waals surface area contributed by atoms with Crippen molar-refractivity contribution in [1.82, 2.24) is 9.03 Å². The van der Waals surface area contributed by atoms with Crippen LogP contribution in [0.1, 0.15) is 33.1 Å². The predicted octanol–water partition coefficient (Wildman–Crippen LogP) is 0.662. The lowest BCUT2D eigenvalue weighted by molar-refractivity contribution is -0.139. The second-order valence-electron chi connectivity index (χ2n) is 5.37. The van der Waals surface area contributed by atoms with Crippen LogP contribution in [0.3, 0.4) is 0 Å². The average Bonchev–Trinajstić information content (AvgIpc) is 2.99. The van der Waals surface area contributed by atoms with Gasteiger partial charge in [0, 0.05) is 13.6 Å². The number of rotatable bonds is 8. The molecule has 1 saturated carbocycles. The standard InChI is InChI=1S/C11H22N2O4S/c1-8(2)6-10(11(14)15)12-18(16,17)13(3)7-9-4-5-9/h8-10,12H,4-7H2,1-3H3,(H,14,15). The largest absolute Gasteiger partial charge is 0.480 e. The fourth-order valence-electron chi connectivity index (χ4n) is 1.70. The molecular weight excluding hydrogens is 256 g/mol. The molecular formula is C11H22N2O4S. The Morgan fingerprint density at radius 2 is 2.00 bits per heavy atom. The highest BCUT2D eigenvalue weighted by Crippen LogP contribution is 2.29. The molecule has 18 heavy (non-hydrogen) atoms. The molecule has 1 aliphatic carbocycles. The van der Waals surface area contributed by atoms with E-state index in [0.29, 0.717) is 12.5 Å². The lowest BCUT2D eigenvalue weighted by atomic mass is 10.1. The topological polar surface area (TPSA) is 86.7 Å². The summed E-state index contributed by atoms with van der Waals surface area (Å²) in [7, 11) is -2.22. The van der Waals surface area contributed by atoms with E-state index in [0.717, 1.165) is 12.8 Å². The van der Waals surface area contributed by atoms with E-state index in [1.165, 1.54) is 11.4 Å². The number of aliphatic carboxylic acids is 1. The van der Waals surface area contributed by atoms with E-state index in [1.54, 1.807) is 0 Å². The zero-order valence-corrected chi connectivity index (χ0v) is 11.9. The number of carbonyl (C=O) groups is 1. The Hall–Kier alpha value is -0.660. The smallest absolute Gasteiger partial charge is 0.321 e. The summed E-state index contributed by atoms with van der Waals surface area (Å²) in [4.78, 5) is 11.0. The molecule has 0 bridgehead atoms. The van der Waals surface area contributed by atoms with Gasteiger partial charge in [-0.1, -0.05) is 13.8 Å². The monoisotopic (exact) mass is 278 g/mol. The SMILES string of the molecule is CC(C)CC(NS(=O)(=O)N(C)CC1CC1)C(=O)O. The van der Waals surface area contributed by atoms with Gasteiger partial charge in [0.25, 0.3) is 10.2 Å². The molecule has 1 rings (SSSR count). The molecule has 0 aromatic rings. The molecule has 0 aromatic carbocycles. The normalized spacial score (nSPS) is 18.3. The molecule has 1 atom stereocenters. The number of carboxylic acids is 1.